The van der Waals surface area contributed by atoms with Gasteiger partial charge in [-0.05, 0) is 37.0 Å². The van der Waals surface area contributed by atoms with Gasteiger partial charge >= 0.3 is 0 Å². The Kier molecular flexibility index (Phi) is 7.95. The number of hydrogen-bond donors (Lipinski definition) is 2. The molecule has 2 aromatic rings. The predicted molar refractivity (Wildman–Crippen MR) is 104 cm³/mol. The SMILES string of the molecule is COc1cc(C(=O)NCCCCc2ccccc2)cc(Cl)c1OCC(N)=O. The number of rotatable bonds is 10. The molecule has 2 amide bonds. The first-order valence-electron chi connectivity index (χ1n) is 8.62. The third kappa shape index (κ3) is 6.49. The highest BCUT2D eigenvalue weighted by molar-refractivity contribution is 6.32. The molecule has 0 fully saturated rings. The highest BCUT2D eigenvalue weighted by atomic mass is 35.5. The maximum Gasteiger partial charge on any atom is 0.255 e. The van der Waals surface area contributed by atoms with E-state index < -0.39 is 5.91 Å². The van der Waals surface area contributed by atoms with E-state index in [2.05, 4.69) is 17.4 Å². The number of methoxy groups -OCH3 is 1. The molecule has 0 aromatic heterocycles. The fraction of sp³-hybridized carbons (Fsp3) is 0.300. The second-order valence-corrected chi connectivity index (χ2v) is 6.35. The van der Waals surface area contributed by atoms with Gasteiger partial charge in [-0.15, -0.1) is 0 Å². The minimum atomic E-state index is -0.634. The van der Waals surface area contributed by atoms with Crippen molar-refractivity contribution >= 4 is 23.4 Å². The average molecular weight is 391 g/mol. The van der Waals surface area contributed by atoms with Crippen LogP contribution >= 0.6 is 11.6 Å². The van der Waals surface area contributed by atoms with Crippen LogP contribution in [0.4, 0.5) is 0 Å². The van der Waals surface area contributed by atoms with Crippen molar-refractivity contribution in [3.63, 3.8) is 0 Å². The van der Waals surface area contributed by atoms with Gasteiger partial charge in [-0.25, -0.2) is 0 Å². The number of aryl methyl sites for hydroxylation is 1. The Balaban J connectivity index is 1.88. The van der Waals surface area contributed by atoms with Crippen LogP contribution in [0.5, 0.6) is 11.5 Å². The number of carbonyl (C=O) groups excluding carboxylic acids is 2. The molecule has 0 bridgehead atoms. The zero-order valence-corrected chi connectivity index (χ0v) is 15.9. The maximum absolute atomic E-state index is 12.3. The first-order chi connectivity index (χ1) is 13.0. The molecule has 0 saturated heterocycles. The van der Waals surface area contributed by atoms with Crippen LogP contribution in [0.2, 0.25) is 5.02 Å². The van der Waals surface area contributed by atoms with E-state index in [0.29, 0.717) is 12.1 Å². The molecule has 0 heterocycles. The Hall–Kier alpha value is -2.73. The number of primary amides is 1. The van der Waals surface area contributed by atoms with Gasteiger partial charge in [0.05, 0.1) is 12.1 Å². The van der Waals surface area contributed by atoms with E-state index in [1.165, 1.54) is 24.8 Å². The van der Waals surface area contributed by atoms with Gasteiger partial charge in [-0.1, -0.05) is 41.9 Å². The van der Waals surface area contributed by atoms with Gasteiger partial charge in [-0.3, -0.25) is 9.59 Å². The minimum Gasteiger partial charge on any atom is -0.493 e. The summed E-state index contributed by atoms with van der Waals surface area (Å²) >= 11 is 6.16. The van der Waals surface area contributed by atoms with E-state index in [1.54, 1.807) is 0 Å². The molecule has 27 heavy (non-hydrogen) atoms. The van der Waals surface area contributed by atoms with Crippen molar-refractivity contribution in [3.8, 4) is 11.5 Å². The summed E-state index contributed by atoms with van der Waals surface area (Å²) < 4.78 is 10.4. The molecule has 0 unspecified atom stereocenters. The third-order valence-electron chi connectivity index (χ3n) is 3.87. The number of halogens is 1. The van der Waals surface area contributed by atoms with Crippen LogP contribution in [0.25, 0.3) is 0 Å². The topological polar surface area (TPSA) is 90.7 Å². The molecule has 6 nitrogen and oxygen atoms in total. The van der Waals surface area contributed by atoms with Crippen molar-refractivity contribution in [1.29, 1.82) is 0 Å². The summed E-state index contributed by atoms with van der Waals surface area (Å²) in [6.45, 7) is 0.231. The number of amides is 2. The summed E-state index contributed by atoms with van der Waals surface area (Å²) in [6.07, 6.45) is 2.82. The summed E-state index contributed by atoms with van der Waals surface area (Å²) in [5, 5.41) is 3.04. The second kappa shape index (κ2) is 10.4. The van der Waals surface area contributed by atoms with Gasteiger partial charge in [0.25, 0.3) is 11.8 Å². The summed E-state index contributed by atoms with van der Waals surface area (Å²) in [4.78, 5) is 23.2. The van der Waals surface area contributed by atoms with Crippen LogP contribution in [0.1, 0.15) is 28.8 Å². The molecule has 3 N–H and O–H groups in total. The molecule has 2 rings (SSSR count). The monoisotopic (exact) mass is 390 g/mol. The number of benzene rings is 2. The molecular formula is C20H23ClN2O4. The van der Waals surface area contributed by atoms with Gasteiger partial charge in [0.15, 0.2) is 18.1 Å². The van der Waals surface area contributed by atoms with Crippen LogP contribution in [0, 0.1) is 0 Å². The highest BCUT2D eigenvalue weighted by Crippen LogP contribution is 2.36. The van der Waals surface area contributed by atoms with Gasteiger partial charge < -0.3 is 20.5 Å². The quantitative estimate of drug-likeness (QED) is 0.610. The van der Waals surface area contributed by atoms with E-state index in [4.69, 9.17) is 26.8 Å². The summed E-state index contributed by atoms with van der Waals surface area (Å²) in [6, 6.07) is 13.2. The molecule has 0 radical (unpaired) electrons. The van der Waals surface area contributed by atoms with Gasteiger partial charge in [0.2, 0.25) is 0 Å². The fourth-order valence-corrected chi connectivity index (χ4v) is 2.80. The number of nitrogens with one attached hydrogen (secondary N) is 1. The Labute approximate surface area is 163 Å². The summed E-state index contributed by atoms with van der Waals surface area (Å²) in [5.41, 5.74) is 6.70. The number of nitrogens with two attached hydrogens (primary N) is 1. The number of ether oxygens (including phenoxy) is 2. The Morgan fingerprint density at radius 3 is 2.56 bits per heavy atom. The lowest BCUT2D eigenvalue weighted by atomic mass is 10.1. The Bertz CT molecular complexity index is 781. The lowest BCUT2D eigenvalue weighted by Gasteiger charge is -2.13. The Morgan fingerprint density at radius 2 is 1.89 bits per heavy atom. The van der Waals surface area contributed by atoms with Crippen molar-refractivity contribution in [2.24, 2.45) is 5.73 Å². The Morgan fingerprint density at radius 1 is 1.15 bits per heavy atom. The van der Waals surface area contributed by atoms with E-state index in [1.807, 2.05) is 18.2 Å². The first kappa shape index (κ1) is 20.6. The van der Waals surface area contributed by atoms with Crippen molar-refractivity contribution < 1.29 is 19.1 Å². The molecule has 0 aliphatic rings. The smallest absolute Gasteiger partial charge is 0.255 e. The van der Waals surface area contributed by atoms with Crippen LogP contribution in [-0.4, -0.2) is 32.1 Å². The molecular weight excluding hydrogens is 368 g/mol. The summed E-state index contributed by atoms with van der Waals surface area (Å²) in [7, 11) is 1.42. The first-order valence-corrected chi connectivity index (χ1v) is 9.00. The molecule has 7 heteroatoms. The lowest BCUT2D eigenvalue weighted by Crippen LogP contribution is -2.24. The molecule has 0 saturated carbocycles. The molecule has 0 spiro atoms. The molecule has 0 aliphatic carbocycles. The zero-order valence-electron chi connectivity index (χ0n) is 15.2. The number of hydrogen-bond acceptors (Lipinski definition) is 4. The molecule has 0 aliphatic heterocycles. The number of carbonyl (C=O) groups is 2. The van der Waals surface area contributed by atoms with Gasteiger partial charge in [0, 0.05) is 12.1 Å². The van der Waals surface area contributed by atoms with E-state index in [-0.39, 0.29) is 29.0 Å². The van der Waals surface area contributed by atoms with Crippen molar-refractivity contribution in [2.45, 2.75) is 19.3 Å². The average Bonchev–Trinajstić information content (AvgIpc) is 2.66. The van der Waals surface area contributed by atoms with Crippen LogP contribution < -0.4 is 20.5 Å². The van der Waals surface area contributed by atoms with E-state index in [0.717, 1.165) is 19.3 Å². The van der Waals surface area contributed by atoms with Crippen LogP contribution in [0.3, 0.4) is 0 Å². The molecule has 144 valence electrons. The van der Waals surface area contributed by atoms with E-state index >= 15 is 0 Å². The highest BCUT2D eigenvalue weighted by Gasteiger charge is 2.16. The fourth-order valence-electron chi connectivity index (χ4n) is 2.54. The molecule has 2 aromatic carbocycles. The maximum atomic E-state index is 12.3. The zero-order chi connectivity index (χ0) is 19.6. The largest absolute Gasteiger partial charge is 0.493 e. The predicted octanol–water partition coefficient (Wildman–Crippen LogP) is 2.97. The van der Waals surface area contributed by atoms with Crippen LogP contribution in [-0.2, 0) is 11.2 Å². The van der Waals surface area contributed by atoms with Crippen LogP contribution in [0.15, 0.2) is 42.5 Å². The molecule has 0 atom stereocenters. The van der Waals surface area contributed by atoms with E-state index in [9.17, 15) is 9.59 Å². The third-order valence-corrected chi connectivity index (χ3v) is 4.15. The van der Waals surface area contributed by atoms with Gasteiger partial charge in [0.1, 0.15) is 0 Å². The van der Waals surface area contributed by atoms with Crippen molar-refractivity contribution in [3.05, 3.63) is 58.6 Å². The normalized spacial score (nSPS) is 10.3. The van der Waals surface area contributed by atoms with Crippen molar-refractivity contribution in [2.75, 3.05) is 20.3 Å². The van der Waals surface area contributed by atoms with Crippen molar-refractivity contribution in [1.82, 2.24) is 5.32 Å². The minimum absolute atomic E-state index is 0.171. The standard InChI is InChI=1S/C20H23ClN2O4/c1-26-17-12-15(11-16(21)19(17)27-13-18(22)24)20(25)23-10-6-5-9-14-7-3-2-4-8-14/h2-4,7-8,11-12H,5-6,9-10,13H2,1H3,(H2,22,24)(H,23,25). The van der Waals surface area contributed by atoms with Gasteiger partial charge in [-0.2, -0.15) is 0 Å². The second-order valence-electron chi connectivity index (χ2n) is 5.94. The number of unbranched alkanes of at least 4 members (excludes halogenated alkanes) is 1. The lowest BCUT2D eigenvalue weighted by molar-refractivity contribution is -0.119. The summed E-state index contributed by atoms with van der Waals surface area (Å²) in [5.74, 6) is -0.447.